The Bertz CT molecular complexity index is 2730. The van der Waals surface area contributed by atoms with Crippen molar-refractivity contribution in [3.8, 4) is 0 Å². The number of halogens is 1. The molecule has 0 aliphatic carbocycles. The van der Waals surface area contributed by atoms with Crippen LogP contribution in [0.4, 0.5) is 0 Å². The maximum Gasteiger partial charge on any atom is 0.363 e. The molecule has 0 radical (unpaired) electrons. The van der Waals surface area contributed by atoms with Crippen molar-refractivity contribution in [2.24, 2.45) is 11.8 Å². The number of carbonyl (C=O) groups is 3. The van der Waals surface area contributed by atoms with Crippen LogP contribution in [0, 0.1) is 11.8 Å². The number of ether oxygens (including phenoxy) is 7. The SMILES string of the molecule is C=C1C(C)CC2CC[C@@H]3O[C@@H](CCN(OC(=O)c4ccccc4)/C=C/C(O[Si](C)(C)C(C)(C)C)C4O[C@H]5CCC(CC(=O)CC6[C@@H](OC)C(CC(CO[Si](C)(C)C(C)(C)C)O[Si](C)(C)C(C)(C)C)O[C@H]6CC1OC(C)=O)OC5[C@H](O)C4O[Si](C)(C)C(C)(C)C)CC3(CI)O2. The molecule has 12 unspecified atom stereocenters. The maximum absolute atomic E-state index is 15.2. The maximum atomic E-state index is 15.2. The zero-order valence-corrected chi connectivity index (χ0v) is 68.0. The molecule has 0 spiro atoms. The van der Waals surface area contributed by atoms with Crippen molar-refractivity contribution < 1.29 is 75.2 Å². The van der Waals surface area contributed by atoms with Gasteiger partial charge in [0.25, 0.3) is 0 Å². The van der Waals surface area contributed by atoms with Crippen LogP contribution in [0.1, 0.15) is 178 Å². The Morgan fingerprint density at radius 2 is 1.35 bits per heavy atom. The van der Waals surface area contributed by atoms with Crippen LogP contribution in [-0.4, -0.2) is 183 Å². The number of carbonyl (C=O) groups excluding carboxylic acids is 3. The summed E-state index contributed by atoms with van der Waals surface area (Å²) < 4.78 is 78.5. The molecule has 7 bridgehead atoms. The summed E-state index contributed by atoms with van der Waals surface area (Å²) in [6, 6.07) is 8.97. The highest BCUT2D eigenvalue weighted by atomic mass is 127. The highest BCUT2D eigenvalue weighted by Gasteiger charge is 2.57. The van der Waals surface area contributed by atoms with Gasteiger partial charge in [0, 0.05) is 62.7 Å². The zero-order chi connectivity index (χ0) is 70.1. The van der Waals surface area contributed by atoms with Crippen LogP contribution in [-0.2, 0) is 65.3 Å². The van der Waals surface area contributed by atoms with Gasteiger partial charge in [-0.3, -0.25) is 9.59 Å². The van der Waals surface area contributed by atoms with Crippen molar-refractivity contribution in [2.45, 2.75) is 337 Å². The number of rotatable bonds is 16. The van der Waals surface area contributed by atoms with Gasteiger partial charge in [-0.1, -0.05) is 137 Å². The van der Waals surface area contributed by atoms with E-state index in [0.29, 0.717) is 61.7 Å². The Morgan fingerprint density at radius 3 is 1.95 bits per heavy atom. The molecule has 8 heterocycles. The number of hydrogen-bond acceptors (Lipinski definition) is 17. The largest absolute Gasteiger partial charge is 0.458 e. The number of aliphatic hydroxyl groups is 1. The predicted molar refractivity (Wildman–Crippen MR) is 388 cm³/mol. The van der Waals surface area contributed by atoms with E-state index >= 15 is 4.79 Å². The highest BCUT2D eigenvalue weighted by Crippen LogP contribution is 2.49. The molecule has 1 aromatic carbocycles. The van der Waals surface area contributed by atoms with E-state index in [0.717, 1.165) is 18.4 Å². The molecule has 0 saturated carbocycles. The fourth-order valence-corrected chi connectivity index (χ4v) is 19.2. The molecule has 17 nitrogen and oxygen atoms in total. The molecule has 22 heteroatoms. The smallest absolute Gasteiger partial charge is 0.363 e. The minimum Gasteiger partial charge on any atom is -0.458 e. The van der Waals surface area contributed by atoms with E-state index in [1.807, 2.05) is 24.3 Å². The van der Waals surface area contributed by atoms with Gasteiger partial charge in [-0.15, -0.1) is 0 Å². The van der Waals surface area contributed by atoms with E-state index in [2.05, 4.69) is 165 Å². The Balaban J connectivity index is 1.30. The summed E-state index contributed by atoms with van der Waals surface area (Å²) in [6.07, 6.45) is 0.106. The fourth-order valence-electron chi connectivity index (χ4n) is 13.3. The number of fused-ring (bicyclic) bond motifs is 2. The fraction of sp³-hybridized carbons (Fsp3) is 0.819. The Morgan fingerprint density at radius 1 is 0.734 bits per heavy atom. The first-order chi connectivity index (χ1) is 43.3. The Kier molecular flexibility index (Phi) is 26.5. The molecule has 18 atom stereocenters. The van der Waals surface area contributed by atoms with Crippen LogP contribution in [0.2, 0.25) is 72.5 Å². The molecule has 94 heavy (non-hydrogen) atoms. The number of methoxy groups -OCH3 is 1. The lowest BCUT2D eigenvalue weighted by molar-refractivity contribution is -0.269. The van der Waals surface area contributed by atoms with E-state index in [1.54, 1.807) is 30.5 Å². The number of esters is 1. The molecular formula is C72H124INO16Si4. The van der Waals surface area contributed by atoms with Gasteiger partial charge in [-0.25, -0.2) is 9.86 Å². The first-order valence-electron chi connectivity index (χ1n) is 35.1. The first kappa shape index (κ1) is 79.6. The number of benzene rings is 1. The number of alkyl halides is 1. The van der Waals surface area contributed by atoms with Crippen molar-refractivity contribution >= 4 is 73.6 Å². The van der Waals surface area contributed by atoms with Crippen LogP contribution in [0.3, 0.4) is 0 Å². The monoisotopic (exact) mass is 1500 g/mol. The zero-order valence-electron chi connectivity index (χ0n) is 61.9. The van der Waals surface area contributed by atoms with E-state index in [4.69, 9.17) is 62.3 Å². The van der Waals surface area contributed by atoms with Crippen molar-refractivity contribution in [3.05, 3.63) is 60.3 Å². The number of nitrogens with zero attached hydrogens (tertiary/aromatic N) is 1. The lowest BCUT2D eigenvalue weighted by Crippen LogP contribution is -2.67. The first-order valence-corrected chi connectivity index (χ1v) is 48.3. The topological polar surface area (TPSA) is 185 Å². The summed E-state index contributed by atoms with van der Waals surface area (Å²) in [4.78, 5) is 48.9. The highest BCUT2D eigenvalue weighted by molar-refractivity contribution is 14.1. The molecule has 8 aliphatic rings. The molecule has 0 aromatic heterocycles. The molecule has 1 aromatic rings. The van der Waals surface area contributed by atoms with Gasteiger partial charge >= 0.3 is 11.9 Å². The molecule has 5 saturated heterocycles. The second-order valence-electron chi connectivity index (χ2n) is 34.5. The predicted octanol–water partition coefficient (Wildman–Crippen LogP) is 15.4. The van der Waals surface area contributed by atoms with Gasteiger partial charge in [-0.2, -0.15) is 0 Å². The molecular weight excluding hydrogens is 1370 g/mol. The van der Waals surface area contributed by atoms with Crippen LogP contribution in [0.25, 0.3) is 0 Å². The summed E-state index contributed by atoms with van der Waals surface area (Å²) >= 11 is 2.44. The molecule has 1 N–H and O–H groups in total. The average Bonchev–Trinajstić information content (AvgIpc) is 0.988. The molecule has 5 fully saturated rings. The van der Waals surface area contributed by atoms with Crippen LogP contribution < -0.4 is 0 Å². The van der Waals surface area contributed by atoms with Crippen LogP contribution >= 0.6 is 22.6 Å². The molecule has 536 valence electrons. The number of Topliss-reactive ketones (excluding diaryl/α,β-unsaturated/α-hetero) is 1. The normalized spacial score (nSPS) is 34.1. The van der Waals surface area contributed by atoms with Gasteiger partial charge < -0.3 is 60.8 Å². The second-order valence-corrected chi connectivity index (χ2v) is 54.3. The van der Waals surface area contributed by atoms with Crippen molar-refractivity contribution in [1.29, 1.82) is 0 Å². The van der Waals surface area contributed by atoms with Gasteiger partial charge in [0.1, 0.15) is 41.9 Å². The second kappa shape index (κ2) is 31.2. The minimum atomic E-state index is -2.69. The standard InChI is InChI=1S/C72H124INO16Si4/c1-46-38-52-31-33-61-72(45-73,86-52)43-53(82-61)34-36-74(87-67(78)49-28-26-25-27-29-49)37-35-57(89-93(21,22)70(10,11)12)65-66(90-94(23,24)71(13,14)15)62(77)64-56(85-65)32-30-51(83-64)39-50(76)40-55-59(42-58(47(46)2)81-48(3)75)84-60(63(55)79-16)41-54(88-92(19,20)69(7,8)9)44-80-91(17,18)68(4,5)6/h25-29,35,37,46,51-66,77H,2,30-34,36,38-45H2,1,3-24H3/b37-35+/t46?,51?,52?,53-,54?,55?,56-,57?,58?,59-,60?,61-,62-,63+,64?,65?,66?,72?/m0/s1. The third-order valence-corrected chi connectivity index (χ3v) is 42.5. The van der Waals surface area contributed by atoms with Gasteiger partial charge in [0.05, 0.1) is 79.8 Å². The molecule has 9 rings (SSSR count). The number of aliphatic hydroxyl groups excluding tert-OH is 1. The third kappa shape index (κ3) is 19.5. The average molecular weight is 1500 g/mol. The van der Waals surface area contributed by atoms with E-state index < -0.39 is 124 Å². The van der Waals surface area contributed by atoms with E-state index in [9.17, 15) is 14.7 Å². The minimum absolute atomic E-state index is 0.0294. The van der Waals surface area contributed by atoms with Gasteiger partial charge in [0.2, 0.25) is 0 Å². The molecule has 0 amide bonds. The molecule has 8 aliphatic heterocycles. The van der Waals surface area contributed by atoms with E-state index in [-0.39, 0.29) is 75.5 Å². The number of hydroxylamine groups is 2. The summed E-state index contributed by atoms with van der Waals surface area (Å²) in [5, 5.41) is 14.1. The van der Waals surface area contributed by atoms with Gasteiger partial charge in [0.15, 0.2) is 33.3 Å². The van der Waals surface area contributed by atoms with Gasteiger partial charge in [-0.05, 0) is 141 Å². The lowest BCUT2D eigenvalue weighted by atomic mass is 9.81. The van der Waals surface area contributed by atoms with Crippen LogP contribution in [0.5, 0.6) is 0 Å². The summed E-state index contributed by atoms with van der Waals surface area (Å²) in [6.45, 7) is 53.3. The summed E-state index contributed by atoms with van der Waals surface area (Å²) in [5.41, 5.74) is 0.589. The Hall–Kier alpha value is -1.73. The van der Waals surface area contributed by atoms with Crippen molar-refractivity contribution in [3.63, 3.8) is 0 Å². The quantitative estimate of drug-likeness (QED) is 0.0541. The summed E-state index contributed by atoms with van der Waals surface area (Å²) in [7, 11) is -8.24. The van der Waals surface area contributed by atoms with Crippen molar-refractivity contribution in [1.82, 2.24) is 5.06 Å². The lowest BCUT2D eigenvalue weighted by Gasteiger charge is -2.53. The Labute approximate surface area is 584 Å². The summed E-state index contributed by atoms with van der Waals surface area (Å²) in [5.74, 6) is -1.58. The number of ketones is 1. The third-order valence-electron chi connectivity index (χ3n) is 23.3. The number of hydrogen-bond donors (Lipinski definition) is 1. The van der Waals surface area contributed by atoms with Crippen molar-refractivity contribution in [2.75, 3.05) is 24.7 Å². The van der Waals surface area contributed by atoms with Crippen LogP contribution in [0.15, 0.2) is 54.8 Å². The van der Waals surface area contributed by atoms with E-state index in [1.165, 1.54) is 6.92 Å².